The highest BCUT2D eigenvalue weighted by Crippen LogP contribution is 2.15. The van der Waals surface area contributed by atoms with Crippen LogP contribution in [0.5, 0.6) is 0 Å². The Hall–Kier alpha value is 0.270. The van der Waals surface area contributed by atoms with Gasteiger partial charge in [-0.3, -0.25) is 0 Å². The predicted molar refractivity (Wildman–Crippen MR) is 40.2 cm³/mol. The molecular weight excluding hydrogens is 134 g/mol. The average Bonchev–Trinajstić information content (AvgIpc) is 1.99. The van der Waals surface area contributed by atoms with E-state index < -0.39 is 0 Å². The van der Waals surface area contributed by atoms with Crippen molar-refractivity contribution in [3.63, 3.8) is 0 Å². The van der Waals surface area contributed by atoms with Crippen LogP contribution in [0.15, 0.2) is 0 Å². The van der Waals surface area contributed by atoms with Crippen LogP contribution in [0.1, 0.15) is 25.7 Å². The van der Waals surface area contributed by atoms with Gasteiger partial charge in [0.1, 0.15) is 6.23 Å². The Kier molecular flexibility index (Phi) is 2.82. The Labute approximate surface area is 61.4 Å². The van der Waals surface area contributed by atoms with Crippen LogP contribution in [-0.4, -0.2) is 22.2 Å². The van der Waals surface area contributed by atoms with Crippen LogP contribution >= 0.6 is 12.8 Å². The summed E-state index contributed by atoms with van der Waals surface area (Å²) in [7, 11) is 0. The molecule has 0 aliphatic carbocycles. The molecule has 1 unspecified atom stereocenters. The monoisotopic (exact) mass is 147 g/mol. The minimum absolute atomic E-state index is 0.309. The maximum atomic E-state index is 9.21. The number of aliphatic hydroxyl groups excluding tert-OH is 1. The van der Waals surface area contributed by atoms with Crippen LogP contribution in [0.25, 0.3) is 0 Å². The van der Waals surface area contributed by atoms with Crippen molar-refractivity contribution < 1.29 is 5.11 Å². The van der Waals surface area contributed by atoms with Crippen LogP contribution in [0.3, 0.4) is 0 Å². The van der Waals surface area contributed by atoms with Crippen molar-refractivity contribution in [1.82, 2.24) is 4.31 Å². The maximum absolute atomic E-state index is 9.21. The van der Waals surface area contributed by atoms with E-state index in [4.69, 9.17) is 0 Å². The van der Waals surface area contributed by atoms with Gasteiger partial charge in [-0.1, -0.05) is 19.2 Å². The van der Waals surface area contributed by atoms with E-state index in [0.717, 1.165) is 19.4 Å². The second-order valence-corrected chi connectivity index (χ2v) is 3.01. The molecule has 1 aliphatic heterocycles. The standard InChI is InChI=1S/C6H13NOS/c8-6-4-2-1-3-5-7(6)9/h6,8-9H,1-5H2. The molecule has 0 amide bonds. The number of thiol groups is 1. The Bertz CT molecular complexity index is 79.1. The topological polar surface area (TPSA) is 23.5 Å². The quantitative estimate of drug-likeness (QED) is 0.500. The maximum Gasteiger partial charge on any atom is 0.116 e. The zero-order valence-electron chi connectivity index (χ0n) is 5.45. The van der Waals surface area contributed by atoms with Gasteiger partial charge in [-0.05, 0) is 19.3 Å². The second kappa shape index (κ2) is 3.44. The zero-order valence-corrected chi connectivity index (χ0v) is 6.35. The van der Waals surface area contributed by atoms with Gasteiger partial charge in [-0.15, -0.1) is 0 Å². The SMILES string of the molecule is OC1CCCCCN1S. The normalized spacial score (nSPS) is 32.0. The summed E-state index contributed by atoms with van der Waals surface area (Å²) in [5.74, 6) is 0. The van der Waals surface area contributed by atoms with E-state index in [9.17, 15) is 5.11 Å². The van der Waals surface area contributed by atoms with E-state index in [2.05, 4.69) is 12.8 Å². The van der Waals surface area contributed by atoms with Crippen LogP contribution < -0.4 is 0 Å². The number of nitrogens with zero attached hydrogens (tertiary/aromatic N) is 1. The molecule has 9 heavy (non-hydrogen) atoms. The van der Waals surface area contributed by atoms with Crippen molar-refractivity contribution in [3.8, 4) is 0 Å². The van der Waals surface area contributed by atoms with Gasteiger partial charge in [-0.25, -0.2) is 4.31 Å². The molecule has 1 aliphatic rings. The van der Waals surface area contributed by atoms with Crippen molar-refractivity contribution in [1.29, 1.82) is 0 Å². The van der Waals surface area contributed by atoms with Gasteiger partial charge in [0.25, 0.3) is 0 Å². The molecule has 0 aromatic rings. The number of aliphatic hydroxyl groups is 1. The summed E-state index contributed by atoms with van der Waals surface area (Å²) < 4.78 is 1.72. The third-order valence-corrected chi connectivity index (χ3v) is 2.16. The molecule has 1 atom stereocenters. The van der Waals surface area contributed by atoms with Gasteiger partial charge in [-0.2, -0.15) is 0 Å². The lowest BCUT2D eigenvalue weighted by atomic mass is 10.2. The fourth-order valence-corrected chi connectivity index (χ4v) is 1.33. The minimum Gasteiger partial charge on any atom is -0.378 e. The smallest absolute Gasteiger partial charge is 0.116 e. The number of rotatable bonds is 0. The van der Waals surface area contributed by atoms with Crippen molar-refractivity contribution in [3.05, 3.63) is 0 Å². The molecule has 1 rings (SSSR count). The Balaban J connectivity index is 2.32. The third kappa shape index (κ3) is 2.16. The van der Waals surface area contributed by atoms with E-state index in [-0.39, 0.29) is 6.23 Å². The lowest BCUT2D eigenvalue weighted by Crippen LogP contribution is -2.25. The highest BCUT2D eigenvalue weighted by Gasteiger charge is 2.13. The lowest BCUT2D eigenvalue weighted by Gasteiger charge is -2.17. The molecule has 1 saturated heterocycles. The lowest BCUT2D eigenvalue weighted by molar-refractivity contribution is 0.0714. The van der Waals surface area contributed by atoms with E-state index in [1.165, 1.54) is 12.8 Å². The molecule has 0 aromatic carbocycles. The molecule has 2 nitrogen and oxygen atoms in total. The van der Waals surface area contributed by atoms with Gasteiger partial charge in [0.2, 0.25) is 0 Å². The van der Waals surface area contributed by atoms with E-state index in [0.29, 0.717) is 0 Å². The summed E-state index contributed by atoms with van der Waals surface area (Å²) in [5, 5.41) is 9.21. The van der Waals surface area contributed by atoms with Gasteiger partial charge in [0, 0.05) is 6.54 Å². The largest absolute Gasteiger partial charge is 0.378 e. The fraction of sp³-hybridized carbons (Fsp3) is 1.00. The molecule has 0 spiro atoms. The summed E-state index contributed by atoms with van der Waals surface area (Å²) in [5.41, 5.74) is 0. The zero-order chi connectivity index (χ0) is 6.69. The Morgan fingerprint density at radius 3 is 2.89 bits per heavy atom. The van der Waals surface area contributed by atoms with E-state index >= 15 is 0 Å². The van der Waals surface area contributed by atoms with Gasteiger partial charge in [0.05, 0.1) is 0 Å². The van der Waals surface area contributed by atoms with Gasteiger partial charge >= 0.3 is 0 Å². The Morgan fingerprint density at radius 2 is 2.11 bits per heavy atom. The van der Waals surface area contributed by atoms with Crippen molar-refractivity contribution in [2.75, 3.05) is 6.54 Å². The summed E-state index contributed by atoms with van der Waals surface area (Å²) in [6.45, 7) is 0.921. The van der Waals surface area contributed by atoms with E-state index in [1.807, 2.05) is 0 Å². The molecule has 1 heterocycles. The summed E-state index contributed by atoms with van der Waals surface area (Å²) >= 11 is 4.11. The van der Waals surface area contributed by atoms with Crippen LogP contribution in [0.2, 0.25) is 0 Å². The van der Waals surface area contributed by atoms with Crippen LogP contribution in [0.4, 0.5) is 0 Å². The molecule has 1 fully saturated rings. The highest BCUT2D eigenvalue weighted by atomic mass is 32.1. The molecule has 54 valence electrons. The molecule has 0 radical (unpaired) electrons. The van der Waals surface area contributed by atoms with E-state index in [1.54, 1.807) is 4.31 Å². The fourth-order valence-electron chi connectivity index (χ4n) is 1.08. The van der Waals surface area contributed by atoms with Gasteiger partial charge < -0.3 is 5.11 Å². The summed E-state index contributed by atoms with van der Waals surface area (Å²) in [4.78, 5) is 0. The Morgan fingerprint density at radius 1 is 1.33 bits per heavy atom. The van der Waals surface area contributed by atoms with Gasteiger partial charge in [0.15, 0.2) is 0 Å². The summed E-state index contributed by atoms with van der Waals surface area (Å²) in [6.07, 6.45) is 4.10. The first-order valence-corrected chi connectivity index (χ1v) is 3.84. The molecule has 0 aromatic heterocycles. The molecule has 0 bridgehead atoms. The van der Waals surface area contributed by atoms with Crippen molar-refractivity contribution >= 4 is 12.8 Å². The molecule has 1 N–H and O–H groups in total. The summed E-state index contributed by atoms with van der Waals surface area (Å²) in [6, 6.07) is 0. The first-order valence-electron chi connectivity index (χ1n) is 3.44. The predicted octanol–water partition coefficient (Wildman–Crippen LogP) is 1.03. The average molecular weight is 147 g/mol. The van der Waals surface area contributed by atoms with Crippen molar-refractivity contribution in [2.45, 2.75) is 31.9 Å². The molecular formula is C6H13NOS. The number of hydrogen-bond acceptors (Lipinski definition) is 3. The minimum atomic E-state index is -0.309. The van der Waals surface area contributed by atoms with Crippen LogP contribution in [0, 0.1) is 0 Å². The molecule has 0 saturated carbocycles. The first-order chi connectivity index (χ1) is 4.30. The third-order valence-electron chi connectivity index (χ3n) is 1.69. The first kappa shape index (κ1) is 7.38. The van der Waals surface area contributed by atoms with Crippen molar-refractivity contribution in [2.24, 2.45) is 0 Å². The highest BCUT2D eigenvalue weighted by molar-refractivity contribution is 7.77. The molecule has 3 heteroatoms. The second-order valence-electron chi connectivity index (χ2n) is 2.49. The van der Waals surface area contributed by atoms with Crippen LogP contribution in [-0.2, 0) is 0 Å². The number of hydrogen-bond donors (Lipinski definition) is 2.